The summed E-state index contributed by atoms with van der Waals surface area (Å²) < 4.78 is 5.37. The zero-order valence-electron chi connectivity index (χ0n) is 11.8. The average Bonchev–Trinajstić information content (AvgIpc) is 2.90. The van der Waals surface area contributed by atoms with Crippen molar-refractivity contribution in [1.29, 1.82) is 5.26 Å². The van der Waals surface area contributed by atoms with Crippen LogP contribution in [0, 0.1) is 11.3 Å². The first-order chi connectivity index (χ1) is 10.3. The van der Waals surface area contributed by atoms with Crippen LogP contribution in [-0.2, 0) is 9.53 Å². The second kappa shape index (κ2) is 6.50. The number of hydrogen-bond acceptors (Lipinski definition) is 4. The molecule has 2 aliphatic rings. The van der Waals surface area contributed by atoms with Gasteiger partial charge < -0.3 is 9.64 Å². The SMILES string of the molecule is N#Cc1ccc(SC2CCN(C3CCOCC3)C2=O)cc1. The van der Waals surface area contributed by atoms with E-state index in [-0.39, 0.29) is 11.2 Å². The van der Waals surface area contributed by atoms with Crippen LogP contribution in [0.2, 0.25) is 0 Å². The molecule has 3 rings (SSSR count). The van der Waals surface area contributed by atoms with Crippen molar-refractivity contribution in [3.63, 3.8) is 0 Å². The minimum absolute atomic E-state index is 0.0146. The van der Waals surface area contributed by atoms with E-state index in [4.69, 9.17) is 10.00 Å². The Labute approximate surface area is 129 Å². The molecule has 2 aliphatic heterocycles. The Kier molecular flexibility index (Phi) is 4.47. The molecule has 2 saturated heterocycles. The fourth-order valence-corrected chi connectivity index (χ4v) is 4.00. The van der Waals surface area contributed by atoms with Gasteiger partial charge in [0.15, 0.2) is 0 Å². The summed E-state index contributed by atoms with van der Waals surface area (Å²) in [6.45, 7) is 2.39. The van der Waals surface area contributed by atoms with Crippen LogP contribution in [-0.4, -0.2) is 41.9 Å². The van der Waals surface area contributed by atoms with Crippen molar-refractivity contribution in [2.75, 3.05) is 19.8 Å². The topological polar surface area (TPSA) is 53.3 Å². The van der Waals surface area contributed by atoms with Gasteiger partial charge in [0.1, 0.15) is 0 Å². The lowest BCUT2D eigenvalue weighted by molar-refractivity contribution is -0.130. The molecule has 0 saturated carbocycles. The average molecular weight is 302 g/mol. The van der Waals surface area contributed by atoms with Gasteiger partial charge in [0.2, 0.25) is 5.91 Å². The quantitative estimate of drug-likeness (QED) is 0.860. The second-order valence-electron chi connectivity index (χ2n) is 5.41. The number of likely N-dealkylation sites (tertiary alicyclic amines) is 1. The Hall–Kier alpha value is -1.51. The third-order valence-corrected chi connectivity index (χ3v) is 5.35. The zero-order chi connectivity index (χ0) is 14.7. The predicted molar refractivity (Wildman–Crippen MR) is 81.0 cm³/mol. The third-order valence-electron chi connectivity index (χ3n) is 4.08. The molecule has 1 aromatic carbocycles. The van der Waals surface area contributed by atoms with Crippen molar-refractivity contribution < 1.29 is 9.53 Å². The van der Waals surface area contributed by atoms with E-state index >= 15 is 0 Å². The summed E-state index contributed by atoms with van der Waals surface area (Å²) in [5.74, 6) is 0.260. The number of rotatable bonds is 3. The van der Waals surface area contributed by atoms with E-state index in [1.54, 1.807) is 23.9 Å². The van der Waals surface area contributed by atoms with Gasteiger partial charge in [-0.05, 0) is 43.5 Å². The number of benzene rings is 1. The molecule has 1 aromatic rings. The van der Waals surface area contributed by atoms with E-state index in [0.717, 1.165) is 43.9 Å². The lowest BCUT2D eigenvalue weighted by Gasteiger charge is -2.31. The smallest absolute Gasteiger partial charge is 0.236 e. The third kappa shape index (κ3) is 3.22. The fourth-order valence-electron chi connectivity index (χ4n) is 2.92. The number of thioether (sulfide) groups is 1. The van der Waals surface area contributed by atoms with E-state index in [2.05, 4.69) is 6.07 Å². The first-order valence-corrected chi connectivity index (χ1v) is 8.21. The van der Waals surface area contributed by atoms with Crippen molar-refractivity contribution in [3.05, 3.63) is 29.8 Å². The number of carbonyl (C=O) groups excluding carboxylic acids is 1. The van der Waals surface area contributed by atoms with Crippen LogP contribution in [0.25, 0.3) is 0 Å². The van der Waals surface area contributed by atoms with Gasteiger partial charge in [-0.1, -0.05) is 0 Å². The van der Waals surface area contributed by atoms with E-state index in [1.165, 1.54) is 0 Å². The van der Waals surface area contributed by atoms with Crippen LogP contribution in [0.5, 0.6) is 0 Å². The number of ether oxygens (including phenoxy) is 1. The van der Waals surface area contributed by atoms with Gasteiger partial charge in [0.05, 0.1) is 16.9 Å². The molecule has 1 atom stereocenters. The van der Waals surface area contributed by atoms with E-state index in [1.807, 2.05) is 17.0 Å². The first kappa shape index (κ1) is 14.4. The Morgan fingerprint density at radius 1 is 1.19 bits per heavy atom. The highest BCUT2D eigenvalue weighted by atomic mass is 32.2. The van der Waals surface area contributed by atoms with Crippen LogP contribution in [0.4, 0.5) is 0 Å². The maximum absolute atomic E-state index is 12.5. The Morgan fingerprint density at radius 2 is 1.90 bits per heavy atom. The summed E-state index contributed by atoms with van der Waals surface area (Å²) in [4.78, 5) is 15.6. The molecular weight excluding hydrogens is 284 g/mol. The maximum atomic E-state index is 12.5. The van der Waals surface area contributed by atoms with Crippen molar-refractivity contribution >= 4 is 17.7 Å². The summed E-state index contributed by atoms with van der Waals surface area (Å²) in [6.07, 6.45) is 2.82. The number of amides is 1. The molecule has 0 radical (unpaired) electrons. The summed E-state index contributed by atoms with van der Waals surface area (Å²) in [5.41, 5.74) is 0.654. The van der Waals surface area contributed by atoms with Crippen molar-refractivity contribution in [2.24, 2.45) is 0 Å². The van der Waals surface area contributed by atoms with E-state index in [0.29, 0.717) is 11.6 Å². The normalized spacial score (nSPS) is 23.3. The monoisotopic (exact) mass is 302 g/mol. The minimum Gasteiger partial charge on any atom is -0.381 e. The molecule has 2 fully saturated rings. The highest BCUT2D eigenvalue weighted by Gasteiger charge is 2.36. The van der Waals surface area contributed by atoms with Gasteiger partial charge in [-0.2, -0.15) is 5.26 Å². The van der Waals surface area contributed by atoms with Gasteiger partial charge in [-0.3, -0.25) is 4.79 Å². The fraction of sp³-hybridized carbons (Fsp3) is 0.500. The van der Waals surface area contributed by atoms with Crippen LogP contribution >= 0.6 is 11.8 Å². The number of carbonyl (C=O) groups is 1. The molecule has 0 bridgehead atoms. The van der Waals surface area contributed by atoms with Crippen molar-refractivity contribution in [2.45, 2.75) is 35.4 Å². The standard InChI is InChI=1S/C16H18N2O2S/c17-11-12-1-3-14(4-2-12)21-15-5-8-18(16(15)19)13-6-9-20-10-7-13/h1-4,13,15H,5-10H2. The lowest BCUT2D eigenvalue weighted by atomic mass is 10.1. The largest absolute Gasteiger partial charge is 0.381 e. The molecule has 110 valence electrons. The molecule has 5 heteroatoms. The molecule has 1 amide bonds. The Morgan fingerprint density at radius 3 is 2.57 bits per heavy atom. The summed E-state index contributed by atoms with van der Waals surface area (Å²) in [6, 6.07) is 9.93. The van der Waals surface area contributed by atoms with Crippen LogP contribution in [0.3, 0.4) is 0 Å². The van der Waals surface area contributed by atoms with Gasteiger partial charge in [0.25, 0.3) is 0 Å². The molecular formula is C16H18N2O2S. The summed E-state index contributed by atoms with van der Waals surface area (Å²) in [5, 5.41) is 8.82. The molecule has 0 N–H and O–H groups in total. The van der Waals surface area contributed by atoms with Crippen molar-refractivity contribution in [3.8, 4) is 6.07 Å². The molecule has 2 heterocycles. The molecule has 1 unspecified atom stereocenters. The van der Waals surface area contributed by atoms with Crippen molar-refractivity contribution in [1.82, 2.24) is 4.90 Å². The summed E-state index contributed by atoms with van der Waals surface area (Å²) >= 11 is 1.61. The molecule has 4 nitrogen and oxygen atoms in total. The predicted octanol–water partition coefficient (Wildman–Crippen LogP) is 2.43. The molecule has 0 aliphatic carbocycles. The highest BCUT2D eigenvalue weighted by Crippen LogP contribution is 2.33. The van der Waals surface area contributed by atoms with Crippen LogP contribution < -0.4 is 0 Å². The lowest BCUT2D eigenvalue weighted by Crippen LogP contribution is -2.41. The first-order valence-electron chi connectivity index (χ1n) is 7.33. The highest BCUT2D eigenvalue weighted by molar-refractivity contribution is 8.00. The van der Waals surface area contributed by atoms with Crippen LogP contribution in [0.1, 0.15) is 24.8 Å². The Balaban J connectivity index is 1.61. The molecule has 0 spiro atoms. The Bertz CT molecular complexity index is 546. The van der Waals surface area contributed by atoms with E-state index in [9.17, 15) is 4.79 Å². The van der Waals surface area contributed by atoms with Crippen LogP contribution in [0.15, 0.2) is 29.2 Å². The molecule has 21 heavy (non-hydrogen) atoms. The second-order valence-corrected chi connectivity index (χ2v) is 6.68. The van der Waals surface area contributed by atoms with Gasteiger partial charge in [-0.25, -0.2) is 0 Å². The van der Waals surface area contributed by atoms with Gasteiger partial charge in [-0.15, -0.1) is 11.8 Å². The zero-order valence-corrected chi connectivity index (χ0v) is 12.6. The van der Waals surface area contributed by atoms with Gasteiger partial charge in [0, 0.05) is 30.7 Å². The summed E-state index contributed by atoms with van der Waals surface area (Å²) in [7, 11) is 0. The minimum atomic E-state index is 0.0146. The number of nitrogens with zero attached hydrogens (tertiary/aromatic N) is 2. The van der Waals surface area contributed by atoms with Gasteiger partial charge >= 0.3 is 0 Å². The molecule has 0 aromatic heterocycles. The number of nitriles is 1. The van der Waals surface area contributed by atoms with E-state index < -0.39 is 0 Å². The number of hydrogen-bond donors (Lipinski definition) is 0. The maximum Gasteiger partial charge on any atom is 0.236 e.